The van der Waals surface area contributed by atoms with Gasteiger partial charge in [0, 0.05) is 30.2 Å². The van der Waals surface area contributed by atoms with Gasteiger partial charge in [0.1, 0.15) is 11.6 Å². The van der Waals surface area contributed by atoms with E-state index in [0.29, 0.717) is 18.0 Å². The minimum atomic E-state index is -1.37. The molecule has 0 unspecified atom stereocenters. The number of ether oxygens (including phenoxy) is 1. The van der Waals surface area contributed by atoms with Crippen LogP contribution in [0.25, 0.3) is 22.4 Å². The lowest BCUT2D eigenvalue weighted by molar-refractivity contribution is -0.307. The first-order chi connectivity index (χ1) is 19.7. The Morgan fingerprint density at radius 3 is 2.20 bits per heavy atom. The van der Waals surface area contributed by atoms with E-state index in [4.69, 9.17) is 9.73 Å². The molecule has 7 nitrogen and oxygen atoms in total. The number of nitrogens with zero attached hydrogens (tertiary/aromatic N) is 2. The quantitative estimate of drug-likeness (QED) is 0.168. The van der Waals surface area contributed by atoms with Crippen LogP contribution in [0.4, 0.5) is 10.1 Å². The van der Waals surface area contributed by atoms with Gasteiger partial charge in [0.15, 0.2) is 6.40 Å². The molecule has 4 aromatic rings. The molecule has 214 valence electrons. The van der Waals surface area contributed by atoms with Gasteiger partial charge in [-0.2, -0.15) is 0 Å². The average Bonchev–Trinajstić information content (AvgIpc) is 3.27. The normalized spacial score (nSPS) is 13.0. The second-order valence-corrected chi connectivity index (χ2v) is 10.2. The zero-order valence-electron chi connectivity index (χ0n) is 23.1. The SMILES string of the molecule is CC(C)c1c(N=COc2ccccc2)c(-c2ccccc2)c(-c2ccc(F)cc2)n1CC[C@@H](O)C[C@@H](O)CC(=O)[O-]. The summed E-state index contributed by atoms with van der Waals surface area (Å²) < 4.78 is 21.9. The molecule has 8 heteroatoms. The van der Waals surface area contributed by atoms with E-state index in [0.717, 1.165) is 28.1 Å². The van der Waals surface area contributed by atoms with Crippen molar-refractivity contribution in [2.45, 2.75) is 57.8 Å². The number of hydrogen-bond acceptors (Lipinski definition) is 6. The van der Waals surface area contributed by atoms with E-state index in [1.165, 1.54) is 18.5 Å². The molecule has 0 saturated carbocycles. The lowest BCUT2D eigenvalue weighted by Crippen LogP contribution is -2.29. The van der Waals surface area contributed by atoms with Crippen molar-refractivity contribution in [2.75, 3.05) is 0 Å². The molecular weight excluding hydrogens is 523 g/mol. The number of aliphatic hydroxyl groups is 2. The van der Waals surface area contributed by atoms with Crippen LogP contribution in [-0.4, -0.2) is 39.4 Å². The highest BCUT2D eigenvalue weighted by Gasteiger charge is 2.27. The Labute approximate surface area is 239 Å². The Kier molecular flexibility index (Phi) is 10.1. The zero-order valence-corrected chi connectivity index (χ0v) is 23.1. The highest BCUT2D eigenvalue weighted by Crippen LogP contribution is 2.47. The number of aromatic nitrogens is 1. The molecule has 0 aliphatic rings. The molecule has 2 N–H and O–H groups in total. The summed E-state index contributed by atoms with van der Waals surface area (Å²) >= 11 is 0. The van der Waals surface area contributed by atoms with Crippen LogP contribution in [0.2, 0.25) is 0 Å². The van der Waals surface area contributed by atoms with Gasteiger partial charge in [0.2, 0.25) is 0 Å². The van der Waals surface area contributed by atoms with Gasteiger partial charge in [-0.15, -0.1) is 0 Å². The maximum atomic E-state index is 14.0. The summed E-state index contributed by atoms with van der Waals surface area (Å²) in [5, 5.41) is 31.6. The summed E-state index contributed by atoms with van der Waals surface area (Å²) in [5.41, 5.74) is 4.88. The predicted molar refractivity (Wildman–Crippen MR) is 155 cm³/mol. The Hall–Kier alpha value is -4.27. The number of aliphatic imine (C=N–C) groups is 1. The predicted octanol–water partition coefficient (Wildman–Crippen LogP) is 5.47. The summed E-state index contributed by atoms with van der Waals surface area (Å²) in [7, 11) is 0. The van der Waals surface area contributed by atoms with Crippen LogP contribution in [0.15, 0.2) is 89.9 Å². The number of carboxylic acid groups (broad SMARTS) is 1. The standard InChI is InChI=1S/C33H35FN2O5/c1-22(2)32-31(35-21-41-28-11-7-4-8-12-28)30(23-9-5-3-6-10-23)33(24-13-15-25(34)16-14-24)36(32)18-17-26(37)19-27(38)20-29(39)40/h3-16,21-22,26-27,37-38H,17-20H2,1-2H3,(H,39,40)/p-1/t26-,27-/m1/s1. The van der Waals surface area contributed by atoms with Gasteiger partial charge in [0.25, 0.3) is 0 Å². The molecule has 1 heterocycles. The Morgan fingerprint density at radius 1 is 0.951 bits per heavy atom. The average molecular weight is 558 g/mol. The number of rotatable bonds is 13. The molecule has 3 aromatic carbocycles. The van der Waals surface area contributed by atoms with Crippen molar-refractivity contribution in [3.05, 3.63) is 96.4 Å². The first kappa shape index (κ1) is 29.7. The van der Waals surface area contributed by atoms with E-state index < -0.39 is 24.6 Å². The number of para-hydroxylation sites is 1. The Balaban J connectivity index is 1.84. The fourth-order valence-electron chi connectivity index (χ4n) is 4.98. The maximum absolute atomic E-state index is 14.0. The van der Waals surface area contributed by atoms with Gasteiger partial charge >= 0.3 is 0 Å². The van der Waals surface area contributed by atoms with Crippen LogP contribution in [0, 0.1) is 5.82 Å². The first-order valence-corrected chi connectivity index (χ1v) is 13.6. The number of carbonyl (C=O) groups excluding carboxylic acids is 1. The van der Waals surface area contributed by atoms with Crippen molar-refractivity contribution < 1.29 is 29.2 Å². The van der Waals surface area contributed by atoms with Gasteiger partial charge in [-0.1, -0.05) is 62.4 Å². The lowest BCUT2D eigenvalue weighted by atomic mass is 9.98. The number of halogens is 1. The van der Waals surface area contributed by atoms with Crippen molar-refractivity contribution in [3.63, 3.8) is 0 Å². The molecule has 41 heavy (non-hydrogen) atoms. The molecule has 0 amide bonds. The van der Waals surface area contributed by atoms with Gasteiger partial charge in [-0.25, -0.2) is 9.38 Å². The third-order valence-electron chi connectivity index (χ3n) is 6.75. The van der Waals surface area contributed by atoms with E-state index in [1.807, 2.05) is 74.5 Å². The molecule has 0 spiro atoms. The summed E-state index contributed by atoms with van der Waals surface area (Å²) in [6.45, 7) is 4.44. The molecular formula is C33H34FN2O5-. The molecule has 0 fully saturated rings. The Bertz CT molecular complexity index is 1450. The highest BCUT2D eigenvalue weighted by molar-refractivity contribution is 5.93. The molecule has 1 aromatic heterocycles. The number of hydrogen-bond donors (Lipinski definition) is 2. The van der Waals surface area contributed by atoms with Crippen LogP contribution < -0.4 is 9.84 Å². The van der Waals surface area contributed by atoms with E-state index in [9.17, 15) is 24.5 Å². The minimum absolute atomic E-state index is 0.00338. The van der Waals surface area contributed by atoms with Crippen molar-refractivity contribution in [1.29, 1.82) is 0 Å². The second-order valence-electron chi connectivity index (χ2n) is 10.2. The Morgan fingerprint density at radius 2 is 1.59 bits per heavy atom. The van der Waals surface area contributed by atoms with E-state index >= 15 is 0 Å². The fraction of sp³-hybridized carbons (Fsp3) is 0.273. The monoisotopic (exact) mass is 557 g/mol. The van der Waals surface area contributed by atoms with Gasteiger partial charge in [0.05, 0.1) is 23.6 Å². The molecule has 0 radical (unpaired) electrons. The summed E-state index contributed by atoms with van der Waals surface area (Å²) in [6, 6.07) is 25.3. The molecule has 0 aliphatic heterocycles. The third-order valence-corrected chi connectivity index (χ3v) is 6.75. The second kappa shape index (κ2) is 13.9. The van der Waals surface area contributed by atoms with Crippen LogP contribution >= 0.6 is 0 Å². The third kappa shape index (κ3) is 7.68. The minimum Gasteiger partial charge on any atom is -0.550 e. The lowest BCUT2D eigenvalue weighted by Gasteiger charge is -2.20. The molecule has 0 saturated heterocycles. The van der Waals surface area contributed by atoms with E-state index in [2.05, 4.69) is 4.57 Å². The van der Waals surface area contributed by atoms with Crippen molar-refractivity contribution in [3.8, 4) is 28.1 Å². The van der Waals surface area contributed by atoms with Gasteiger partial charge in [-0.05, 0) is 66.3 Å². The molecule has 2 atom stereocenters. The summed E-state index contributed by atoms with van der Waals surface area (Å²) in [5.74, 6) is -1.09. The van der Waals surface area contributed by atoms with Crippen molar-refractivity contribution in [1.82, 2.24) is 4.57 Å². The maximum Gasteiger partial charge on any atom is 0.181 e. The molecule has 4 rings (SSSR count). The molecule has 0 bridgehead atoms. The zero-order chi connectivity index (χ0) is 29.4. The van der Waals surface area contributed by atoms with Crippen LogP contribution in [0.1, 0.15) is 44.7 Å². The number of benzene rings is 3. The van der Waals surface area contributed by atoms with Crippen molar-refractivity contribution in [2.24, 2.45) is 4.99 Å². The fourth-order valence-corrected chi connectivity index (χ4v) is 4.98. The van der Waals surface area contributed by atoms with Crippen LogP contribution in [-0.2, 0) is 11.3 Å². The van der Waals surface area contributed by atoms with Crippen molar-refractivity contribution >= 4 is 18.1 Å². The number of carboxylic acids is 1. The number of aliphatic carboxylic acids is 1. The topological polar surface area (TPSA) is 107 Å². The first-order valence-electron chi connectivity index (χ1n) is 13.6. The molecule has 0 aliphatic carbocycles. The summed E-state index contributed by atoms with van der Waals surface area (Å²) in [6.07, 6.45) is -1.16. The number of aliphatic hydroxyl groups excluding tert-OH is 2. The van der Waals surface area contributed by atoms with Gasteiger partial charge in [-0.3, -0.25) is 0 Å². The van der Waals surface area contributed by atoms with Crippen LogP contribution in [0.3, 0.4) is 0 Å². The number of carbonyl (C=O) groups is 1. The van der Waals surface area contributed by atoms with E-state index in [-0.39, 0.29) is 24.6 Å². The van der Waals surface area contributed by atoms with Crippen LogP contribution in [0.5, 0.6) is 5.75 Å². The van der Waals surface area contributed by atoms with Gasteiger partial charge < -0.3 is 29.4 Å². The highest BCUT2D eigenvalue weighted by atomic mass is 19.1. The smallest absolute Gasteiger partial charge is 0.181 e. The van der Waals surface area contributed by atoms with E-state index in [1.54, 1.807) is 12.1 Å². The summed E-state index contributed by atoms with van der Waals surface area (Å²) in [4.78, 5) is 15.7. The largest absolute Gasteiger partial charge is 0.550 e.